The monoisotopic (exact) mass is 389 g/mol. The number of methoxy groups -OCH3 is 3. The van der Waals surface area contributed by atoms with Crippen LogP contribution >= 0.6 is 0 Å². The number of halogens is 1. The summed E-state index contributed by atoms with van der Waals surface area (Å²) in [6.07, 6.45) is 2.62. The molecule has 0 aliphatic heterocycles. The van der Waals surface area contributed by atoms with Crippen molar-refractivity contribution in [1.82, 2.24) is 0 Å². The number of nitrogens with one attached hydrogen (secondary N) is 1. The molecule has 0 spiro atoms. The first-order valence-corrected chi connectivity index (χ1v) is 8.17. The summed E-state index contributed by atoms with van der Waals surface area (Å²) >= 11 is 0. The minimum atomic E-state index is -0.730. The van der Waals surface area contributed by atoms with Gasteiger partial charge >= 0.3 is 5.97 Å². The second kappa shape index (κ2) is 9.96. The summed E-state index contributed by atoms with van der Waals surface area (Å²) in [5, 5.41) is 2.43. The van der Waals surface area contributed by atoms with Gasteiger partial charge in [0, 0.05) is 23.4 Å². The molecule has 0 bridgehead atoms. The Morgan fingerprint density at radius 1 is 1.00 bits per heavy atom. The van der Waals surface area contributed by atoms with Crippen LogP contribution in [0.25, 0.3) is 6.08 Å². The lowest BCUT2D eigenvalue weighted by Gasteiger charge is -2.12. The van der Waals surface area contributed by atoms with E-state index in [4.69, 9.17) is 18.9 Å². The van der Waals surface area contributed by atoms with Gasteiger partial charge in [0.25, 0.3) is 5.91 Å². The van der Waals surface area contributed by atoms with Crippen LogP contribution in [0.5, 0.6) is 17.2 Å². The van der Waals surface area contributed by atoms with Crippen molar-refractivity contribution in [3.8, 4) is 17.2 Å². The molecule has 0 radical (unpaired) electrons. The Bertz CT molecular complexity index is 881. The van der Waals surface area contributed by atoms with E-state index < -0.39 is 24.3 Å². The number of carbonyl (C=O) groups excluding carboxylic acids is 2. The van der Waals surface area contributed by atoms with Crippen LogP contribution in [0.3, 0.4) is 0 Å². The zero-order valence-corrected chi connectivity index (χ0v) is 15.7. The predicted molar refractivity (Wildman–Crippen MR) is 101 cm³/mol. The van der Waals surface area contributed by atoms with E-state index in [0.29, 0.717) is 22.8 Å². The maximum Gasteiger partial charge on any atom is 0.331 e. The first-order valence-electron chi connectivity index (χ1n) is 8.17. The highest BCUT2D eigenvalue weighted by Crippen LogP contribution is 2.35. The van der Waals surface area contributed by atoms with Crippen LogP contribution < -0.4 is 19.5 Å². The second-order valence-electron chi connectivity index (χ2n) is 5.45. The standard InChI is InChI=1S/C20H20FNO6/c1-25-16-11-18(27-3)17(26-2)9-13(16)7-8-20(24)28-12-19(23)22-15-6-4-5-14(21)10-15/h4-11H,12H2,1-3H3,(H,22,23)/b8-7+. The molecule has 0 aliphatic carbocycles. The van der Waals surface area contributed by atoms with Gasteiger partial charge in [-0.15, -0.1) is 0 Å². The maximum atomic E-state index is 13.1. The second-order valence-corrected chi connectivity index (χ2v) is 5.45. The molecule has 1 N–H and O–H groups in total. The lowest BCUT2D eigenvalue weighted by atomic mass is 10.1. The van der Waals surface area contributed by atoms with E-state index in [-0.39, 0.29) is 5.69 Å². The Kier molecular flexibility index (Phi) is 7.38. The Morgan fingerprint density at radius 2 is 1.68 bits per heavy atom. The average Bonchev–Trinajstić information content (AvgIpc) is 2.69. The van der Waals surface area contributed by atoms with Gasteiger partial charge < -0.3 is 24.3 Å². The van der Waals surface area contributed by atoms with Crippen LogP contribution in [0, 0.1) is 5.82 Å². The number of anilines is 1. The van der Waals surface area contributed by atoms with E-state index in [0.717, 1.165) is 12.1 Å². The number of amides is 1. The van der Waals surface area contributed by atoms with Crippen molar-refractivity contribution < 1.29 is 32.9 Å². The molecule has 0 atom stereocenters. The molecule has 0 saturated carbocycles. The van der Waals surface area contributed by atoms with Gasteiger partial charge in [-0.05, 0) is 30.3 Å². The minimum absolute atomic E-state index is 0.270. The highest BCUT2D eigenvalue weighted by atomic mass is 19.1. The summed E-state index contributed by atoms with van der Waals surface area (Å²) in [4.78, 5) is 23.6. The van der Waals surface area contributed by atoms with Crippen molar-refractivity contribution in [2.24, 2.45) is 0 Å². The molecule has 0 aromatic heterocycles. The molecule has 148 valence electrons. The first kappa shape index (κ1) is 20.8. The fourth-order valence-corrected chi connectivity index (χ4v) is 2.29. The maximum absolute atomic E-state index is 13.1. The Hall–Kier alpha value is -3.55. The molecule has 7 nitrogen and oxygen atoms in total. The smallest absolute Gasteiger partial charge is 0.331 e. The van der Waals surface area contributed by atoms with Crippen LogP contribution in [-0.2, 0) is 14.3 Å². The van der Waals surface area contributed by atoms with Crippen molar-refractivity contribution in [3.05, 3.63) is 53.9 Å². The molecule has 2 aromatic carbocycles. The van der Waals surface area contributed by atoms with Crippen molar-refractivity contribution in [2.75, 3.05) is 33.3 Å². The molecule has 0 aliphatic rings. The Labute approximate surface area is 161 Å². The quantitative estimate of drug-likeness (QED) is 0.552. The molecule has 28 heavy (non-hydrogen) atoms. The van der Waals surface area contributed by atoms with Gasteiger partial charge in [-0.1, -0.05) is 6.07 Å². The molecule has 0 unspecified atom stereocenters. The van der Waals surface area contributed by atoms with Gasteiger partial charge in [0.15, 0.2) is 18.1 Å². The first-order chi connectivity index (χ1) is 13.5. The molecule has 0 heterocycles. The third kappa shape index (κ3) is 5.73. The van der Waals surface area contributed by atoms with E-state index in [1.54, 1.807) is 12.1 Å². The topological polar surface area (TPSA) is 83.1 Å². The van der Waals surface area contributed by atoms with Gasteiger partial charge in [-0.3, -0.25) is 4.79 Å². The average molecular weight is 389 g/mol. The molecule has 8 heteroatoms. The van der Waals surface area contributed by atoms with Crippen LogP contribution in [0.15, 0.2) is 42.5 Å². The predicted octanol–water partition coefficient (Wildman–Crippen LogP) is 3.05. The fraction of sp³-hybridized carbons (Fsp3) is 0.200. The molecular formula is C20H20FNO6. The zero-order chi connectivity index (χ0) is 20.5. The van der Waals surface area contributed by atoms with Crippen molar-refractivity contribution >= 4 is 23.6 Å². The lowest BCUT2D eigenvalue weighted by molar-refractivity contribution is -0.142. The lowest BCUT2D eigenvalue weighted by Crippen LogP contribution is -2.20. The van der Waals surface area contributed by atoms with Gasteiger partial charge in [-0.2, -0.15) is 0 Å². The van der Waals surface area contributed by atoms with E-state index >= 15 is 0 Å². The summed E-state index contributed by atoms with van der Waals surface area (Å²) in [5.41, 5.74) is 0.827. The van der Waals surface area contributed by atoms with E-state index in [1.165, 1.54) is 45.6 Å². The largest absolute Gasteiger partial charge is 0.496 e. The molecule has 1 amide bonds. The van der Waals surface area contributed by atoms with Gasteiger partial charge in [-0.25, -0.2) is 9.18 Å². The van der Waals surface area contributed by atoms with Gasteiger partial charge in [0.2, 0.25) is 0 Å². The highest BCUT2D eigenvalue weighted by Gasteiger charge is 2.11. The van der Waals surface area contributed by atoms with Crippen molar-refractivity contribution in [3.63, 3.8) is 0 Å². The number of esters is 1. The van der Waals surface area contributed by atoms with Crippen LogP contribution in [0.1, 0.15) is 5.56 Å². The van der Waals surface area contributed by atoms with Gasteiger partial charge in [0.05, 0.1) is 21.3 Å². The molecule has 2 aromatic rings. The third-order valence-electron chi connectivity index (χ3n) is 3.59. The number of rotatable bonds is 8. The number of ether oxygens (including phenoxy) is 4. The number of benzene rings is 2. The van der Waals surface area contributed by atoms with E-state index in [2.05, 4.69) is 5.32 Å². The number of hydrogen-bond acceptors (Lipinski definition) is 6. The zero-order valence-electron chi connectivity index (χ0n) is 15.7. The summed E-state index contributed by atoms with van der Waals surface area (Å²) < 4.78 is 33.6. The molecule has 0 saturated heterocycles. The number of carbonyl (C=O) groups is 2. The molecular weight excluding hydrogens is 369 g/mol. The SMILES string of the molecule is COc1cc(OC)c(OC)cc1/C=C/C(=O)OCC(=O)Nc1cccc(F)c1. The van der Waals surface area contributed by atoms with Gasteiger partial charge in [0.1, 0.15) is 11.6 Å². The van der Waals surface area contributed by atoms with Crippen LogP contribution in [-0.4, -0.2) is 39.8 Å². The van der Waals surface area contributed by atoms with E-state index in [9.17, 15) is 14.0 Å². The minimum Gasteiger partial charge on any atom is -0.496 e. The summed E-state index contributed by atoms with van der Waals surface area (Å²) in [6, 6.07) is 8.64. The molecule has 2 rings (SSSR count). The van der Waals surface area contributed by atoms with Crippen LogP contribution in [0.4, 0.5) is 10.1 Å². The normalized spacial score (nSPS) is 10.4. The Morgan fingerprint density at radius 3 is 2.32 bits per heavy atom. The third-order valence-corrected chi connectivity index (χ3v) is 3.59. The summed E-state index contributed by atoms with van der Waals surface area (Å²) in [5.74, 6) is -0.395. The fourth-order valence-electron chi connectivity index (χ4n) is 2.29. The number of hydrogen-bond donors (Lipinski definition) is 1. The van der Waals surface area contributed by atoms with E-state index in [1.807, 2.05) is 0 Å². The Balaban J connectivity index is 1.97. The van der Waals surface area contributed by atoms with Crippen molar-refractivity contribution in [2.45, 2.75) is 0 Å². The summed E-state index contributed by atoms with van der Waals surface area (Å²) in [6.45, 7) is -0.511. The highest BCUT2D eigenvalue weighted by molar-refractivity contribution is 5.94. The summed E-state index contributed by atoms with van der Waals surface area (Å²) in [7, 11) is 4.47. The van der Waals surface area contributed by atoms with Crippen molar-refractivity contribution in [1.29, 1.82) is 0 Å². The molecule has 0 fully saturated rings. The van der Waals surface area contributed by atoms with Crippen LogP contribution in [0.2, 0.25) is 0 Å².